The molecule has 2 heterocycles. The van der Waals surface area contributed by atoms with Crippen molar-refractivity contribution in [3.8, 4) is 0 Å². The summed E-state index contributed by atoms with van der Waals surface area (Å²) in [7, 11) is 0.602. The molecule has 0 unspecified atom stereocenters. The zero-order valence-corrected chi connectivity index (χ0v) is 16.2. The average Bonchev–Trinajstić information content (AvgIpc) is 3.04. The van der Waals surface area contributed by atoms with Crippen molar-refractivity contribution in [2.24, 2.45) is 7.05 Å². The van der Waals surface area contributed by atoms with Gasteiger partial charge in [0.25, 0.3) is 5.91 Å². The number of nitrogens with one attached hydrogen (secondary N) is 1. The summed E-state index contributed by atoms with van der Waals surface area (Å²) in [5.41, 5.74) is -0.892. The average molecular weight is 395 g/mol. The molecule has 1 aliphatic heterocycles. The minimum Gasteiger partial charge on any atom is -0.399 e. The lowest BCUT2D eigenvalue weighted by atomic mass is 9.79. The number of benzene rings is 1. The van der Waals surface area contributed by atoms with Crippen LogP contribution < -0.4 is 10.8 Å². The van der Waals surface area contributed by atoms with Gasteiger partial charge in [-0.3, -0.25) is 9.48 Å². The summed E-state index contributed by atoms with van der Waals surface area (Å²) in [5, 5.41) is 6.05. The Labute approximate surface area is 161 Å². The lowest BCUT2D eigenvalue weighted by Gasteiger charge is -2.32. The van der Waals surface area contributed by atoms with Crippen LogP contribution in [0, 0.1) is 0 Å². The maximum Gasteiger partial charge on any atom is 0.494 e. The highest BCUT2D eigenvalue weighted by Gasteiger charge is 2.51. The molecule has 1 aliphatic rings. The van der Waals surface area contributed by atoms with Gasteiger partial charge in [-0.2, -0.15) is 18.3 Å². The molecule has 0 saturated carbocycles. The Hall–Kier alpha value is -2.33. The molecule has 1 aromatic heterocycles. The van der Waals surface area contributed by atoms with E-state index < -0.39 is 36.1 Å². The van der Waals surface area contributed by atoms with E-state index >= 15 is 0 Å². The van der Waals surface area contributed by atoms with Crippen LogP contribution in [0.2, 0.25) is 0 Å². The molecular weight excluding hydrogens is 374 g/mol. The van der Waals surface area contributed by atoms with E-state index in [1.807, 2.05) is 27.7 Å². The first-order valence-corrected chi connectivity index (χ1v) is 8.68. The topological polar surface area (TPSA) is 65.4 Å². The van der Waals surface area contributed by atoms with Gasteiger partial charge in [-0.15, -0.1) is 0 Å². The van der Waals surface area contributed by atoms with Crippen molar-refractivity contribution < 1.29 is 27.3 Å². The molecule has 2 aromatic rings. The highest BCUT2D eigenvalue weighted by molar-refractivity contribution is 6.62. The summed E-state index contributed by atoms with van der Waals surface area (Å²) in [4.78, 5) is 12.3. The number of carbonyl (C=O) groups is 1. The molecule has 1 aromatic carbocycles. The van der Waals surface area contributed by atoms with Gasteiger partial charge in [0.15, 0.2) is 5.82 Å². The summed E-state index contributed by atoms with van der Waals surface area (Å²) in [5.74, 6) is -0.734. The van der Waals surface area contributed by atoms with Gasteiger partial charge in [0.1, 0.15) is 5.69 Å². The van der Waals surface area contributed by atoms with Crippen molar-refractivity contribution in [3.63, 3.8) is 0 Å². The second-order valence-corrected chi connectivity index (χ2v) is 7.70. The van der Waals surface area contributed by atoms with E-state index in [9.17, 15) is 18.0 Å². The van der Waals surface area contributed by atoms with Crippen molar-refractivity contribution in [2.75, 3.05) is 5.32 Å². The predicted octanol–water partition coefficient (Wildman–Crippen LogP) is 2.99. The monoisotopic (exact) mass is 395 g/mol. The standard InChI is InChI=1S/C18H21BF3N3O3/c1-16(2)17(3,4)28-19(27-16)12-8-6-11(7-9-12)15(26)23-14-10-13(18(20,21)22)25(5)24-14/h6-10H,1-5H3,(H,23,24,26). The molecule has 150 valence electrons. The van der Waals surface area contributed by atoms with Crippen molar-refractivity contribution in [1.82, 2.24) is 9.78 Å². The molecule has 6 nitrogen and oxygen atoms in total. The predicted molar refractivity (Wildman–Crippen MR) is 98.3 cm³/mol. The molecule has 1 fully saturated rings. The molecule has 0 radical (unpaired) electrons. The minimum atomic E-state index is -4.55. The lowest BCUT2D eigenvalue weighted by Crippen LogP contribution is -2.41. The van der Waals surface area contributed by atoms with E-state index in [0.717, 1.165) is 18.6 Å². The molecule has 1 saturated heterocycles. The number of hydrogen-bond donors (Lipinski definition) is 1. The molecule has 1 N–H and O–H groups in total. The minimum absolute atomic E-state index is 0.171. The number of hydrogen-bond acceptors (Lipinski definition) is 4. The Morgan fingerprint density at radius 3 is 2.11 bits per heavy atom. The molecule has 0 atom stereocenters. The normalized spacial score (nSPS) is 18.4. The summed E-state index contributed by atoms with van der Waals surface area (Å²) in [6, 6.07) is 7.29. The summed E-state index contributed by atoms with van der Waals surface area (Å²) in [6.45, 7) is 7.77. The molecular formula is C18H21BF3N3O3. The molecule has 1 amide bonds. The largest absolute Gasteiger partial charge is 0.494 e. The smallest absolute Gasteiger partial charge is 0.399 e. The Morgan fingerprint density at radius 1 is 1.11 bits per heavy atom. The lowest BCUT2D eigenvalue weighted by molar-refractivity contribution is -0.143. The van der Waals surface area contributed by atoms with E-state index in [0.29, 0.717) is 4.68 Å². The SMILES string of the molecule is Cn1nc(NC(=O)c2ccc(B3OC(C)(C)C(C)(C)O3)cc2)cc1C(F)(F)F. The van der Waals surface area contributed by atoms with Gasteiger partial charge in [-0.05, 0) is 45.3 Å². The van der Waals surface area contributed by atoms with Crippen LogP contribution in [0.4, 0.5) is 19.0 Å². The Morgan fingerprint density at radius 2 is 1.64 bits per heavy atom. The van der Waals surface area contributed by atoms with Gasteiger partial charge in [0, 0.05) is 18.7 Å². The molecule has 28 heavy (non-hydrogen) atoms. The van der Waals surface area contributed by atoms with Gasteiger partial charge >= 0.3 is 13.3 Å². The Bertz CT molecular complexity index is 876. The molecule has 0 bridgehead atoms. The van der Waals surface area contributed by atoms with Crippen LogP contribution in [-0.4, -0.2) is 34.0 Å². The molecule has 3 rings (SSSR count). The van der Waals surface area contributed by atoms with Crippen molar-refractivity contribution >= 4 is 24.3 Å². The molecule has 0 aliphatic carbocycles. The van der Waals surface area contributed by atoms with E-state index in [4.69, 9.17) is 9.31 Å². The van der Waals surface area contributed by atoms with Crippen molar-refractivity contribution in [2.45, 2.75) is 45.1 Å². The number of carbonyl (C=O) groups excluding carboxylic acids is 1. The summed E-state index contributed by atoms with van der Waals surface area (Å²) in [6.07, 6.45) is -4.55. The first-order valence-electron chi connectivity index (χ1n) is 8.68. The van der Waals surface area contributed by atoms with Crippen molar-refractivity contribution in [1.29, 1.82) is 0 Å². The Balaban J connectivity index is 1.71. The fourth-order valence-electron chi connectivity index (χ4n) is 2.75. The number of halogens is 3. The quantitative estimate of drug-likeness (QED) is 0.812. The number of aromatic nitrogens is 2. The van der Waals surface area contributed by atoms with Gasteiger partial charge < -0.3 is 14.6 Å². The number of nitrogens with zero attached hydrogens (tertiary/aromatic N) is 2. The number of anilines is 1. The number of rotatable bonds is 3. The third kappa shape index (κ3) is 3.79. The maximum absolute atomic E-state index is 12.8. The zero-order chi connectivity index (χ0) is 20.9. The third-order valence-corrected chi connectivity index (χ3v) is 5.11. The second kappa shape index (κ2) is 6.63. The molecule has 10 heteroatoms. The van der Waals surface area contributed by atoms with Crippen LogP contribution in [0.15, 0.2) is 30.3 Å². The zero-order valence-electron chi connectivity index (χ0n) is 16.2. The maximum atomic E-state index is 12.8. The Kier molecular flexibility index (Phi) is 4.83. The highest BCUT2D eigenvalue weighted by Crippen LogP contribution is 2.36. The summed E-state index contributed by atoms with van der Waals surface area (Å²) >= 11 is 0. The number of aryl methyl sites for hydroxylation is 1. The van der Waals surface area contributed by atoms with Crippen LogP contribution >= 0.6 is 0 Å². The van der Waals surface area contributed by atoms with Crippen LogP contribution in [0.3, 0.4) is 0 Å². The van der Waals surface area contributed by atoms with E-state index in [2.05, 4.69) is 10.4 Å². The van der Waals surface area contributed by atoms with E-state index in [-0.39, 0.29) is 11.4 Å². The number of alkyl halides is 3. The second-order valence-electron chi connectivity index (χ2n) is 7.70. The third-order valence-electron chi connectivity index (χ3n) is 5.11. The van der Waals surface area contributed by atoms with E-state index in [1.165, 1.54) is 0 Å². The van der Waals surface area contributed by atoms with Crippen LogP contribution in [0.5, 0.6) is 0 Å². The number of amides is 1. The molecule has 0 spiro atoms. The first kappa shape index (κ1) is 20.4. The first-order chi connectivity index (χ1) is 12.8. The van der Waals surface area contributed by atoms with E-state index in [1.54, 1.807) is 24.3 Å². The van der Waals surface area contributed by atoms with Gasteiger partial charge in [0.2, 0.25) is 0 Å². The van der Waals surface area contributed by atoms with Crippen LogP contribution in [-0.2, 0) is 22.5 Å². The van der Waals surface area contributed by atoms with Crippen molar-refractivity contribution in [3.05, 3.63) is 41.6 Å². The van der Waals surface area contributed by atoms with Crippen LogP contribution in [0.1, 0.15) is 43.7 Å². The highest BCUT2D eigenvalue weighted by atomic mass is 19.4. The van der Waals surface area contributed by atoms with Gasteiger partial charge in [0.05, 0.1) is 11.2 Å². The fourth-order valence-corrected chi connectivity index (χ4v) is 2.75. The summed E-state index contributed by atoms with van der Waals surface area (Å²) < 4.78 is 51.1. The van der Waals surface area contributed by atoms with Gasteiger partial charge in [-0.1, -0.05) is 12.1 Å². The van der Waals surface area contributed by atoms with Gasteiger partial charge in [-0.25, -0.2) is 0 Å². The fraction of sp³-hybridized carbons (Fsp3) is 0.444. The van der Waals surface area contributed by atoms with Crippen LogP contribution in [0.25, 0.3) is 0 Å².